The van der Waals surface area contributed by atoms with Crippen LogP contribution in [0, 0.1) is 0 Å². The van der Waals surface area contributed by atoms with E-state index < -0.39 is 0 Å². The number of hydrogen-bond acceptors (Lipinski definition) is 4. The summed E-state index contributed by atoms with van der Waals surface area (Å²) in [6, 6.07) is 3.87. The van der Waals surface area contributed by atoms with Crippen LogP contribution in [0.2, 0.25) is 0 Å². The van der Waals surface area contributed by atoms with Gasteiger partial charge in [-0.2, -0.15) is 0 Å². The maximum atomic E-state index is 5.04. The molecule has 0 atom stereocenters. The van der Waals surface area contributed by atoms with Gasteiger partial charge in [0, 0.05) is 23.6 Å². The highest BCUT2D eigenvalue weighted by molar-refractivity contribution is 8.14. The Morgan fingerprint density at radius 2 is 2.21 bits per heavy atom. The number of thioether (sulfide) groups is 1. The number of methoxy groups -OCH3 is 1. The summed E-state index contributed by atoms with van der Waals surface area (Å²) < 4.78 is 5.04. The molecule has 0 unspecified atom stereocenters. The molecule has 1 aliphatic heterocycles. The van der Waals surface area contributed by atoms with Crippen molar-refractivity contribution < 1.29 is 4.74 Å². The lowest BCUT2D eigenvalue weighted by Gasteiger charge is -2.25. The Kier molecular flexibility index (Phi) is 4.69. The van der Waals surface area contributed by atoms with E-state index in [0.717, 1.165) is 29.3 Å². The second kappa shape index (κ2) is 6.28. The van der Waals surface area contributed by atoms with E-state index in [0.29, 0.717) is 12.4 Å². The third kappa shape index (κ3) is 3.41. The molecule has 2 rings (SSSR count). The third-order valence-corrected chi connectivity index (χ3v) is 4.82. The monoisotopic (exact) mass is 279 g/mol. The van der Waals surface area contributed by atoms with Gasteiger partial charge in [0.25, 0.3) is 0 Å². The fourth-order valence-electron chi connectivity index (χ4n) is 2.01. The van der Waals surface area contributed by atoms with Gasteiger partial charge in [0.2, 0.25) is 5.88 Å². The van der Waals surface area contributed by atoms with Crippen molar-refractivity contribution in [2.75, 3.05) is 12.9 Å². The minimum absolute atomic E-state index is 0.238. The number of pyridine rings is 1. The molecule has 19 heavy (non-hydrogen) atoms. The first-order chi connectivity index (χ1) is 9.21. The lowest BCUT2D eigenvalue weighted by molar-refractivity contribution is 0.397. The van der Waals surface area contributed by atoms with Crippen LogP contribution in [0.3, 0.4) is 0 Å². The molecule has 4 nitrogen and oxygen atoms in total. The molecule has 1 fully saturated rings. The van der Waals surface area contributed by atoms with Crippen LogP contribution in [0.1, 0.15) is 32.3 Å². The highest BCUT2D eigenvalue weighted by atomic mass is 32.2. The van der Waals surface area contributed by atoms with E-state index in [1.54, 1.807) is 7.11 Å². The second-order valence-electron chi connectivity index (χ2n) is 4.73. The molecule has 1 saturated heterocycles. The van der Waals surface area contributed by atoms with Crippen molar-refractivity contribution >= 4 is 16.9 Å². The predicted octanol–water partition coefficient (Wildman–Crippen LogP) is 2.84. The molecule has 0 aromatic carbocycles. The van der Waals surface area contributed by atoms with Gasteiger partial charge in [0.15, 0.2) is 5.17 Å². The smallest absolute Gasteiger partial charge is 0.212 e. The number of amidine groups is 1. The summed E-state index contributed by atoms with van der Waals surface area (Å²) in [6.07, 6.45) is 4.09. The maximum Gasteiger partial charge on any atom is 0.212 e. The summed E-state index contributed by atoms with van der Waals surface area (Å²) >= 11 is 1.82. The summed E-state index contributed by atoms with van der Waals surface area (Å²) in [5.74, 6) is 1.75. The minimum Gasteiger partial charge on any atom is -0.481 e. The Balaban J connectivity index is 1.96. The van der Waals surface area contributed by atoms with E-state index >= 15 is 0 Å². The van der Waals surface area contributed by atoms with Crippen molar-refractivity contribution in [1.29, 1.82) is 0 Å². The van der Waals surface area contributed by atoms with E-state index in [2.05, 4.69) is 29.1 Å². The normalized spacial score (nSPS) is 19.4. The van der Waals surface area contributed by atoms with Gasteiger partial charge in [-0.3, -0.25) is 4.99 Å². The van der Waals surface area contributed by atoms with Gasteiger partial charge in [-0.15, -0.1) is 0 Å². The van der Waals surface area contributed by atoms with Crippen molar-refractivity contribution in [3.63, 3.8) is 0 Å². The number of aliphatic imine (C=N–C) groups is 1. The quantitative estimate of drug-likeness (QED) is 0.900. The number of hydrogen-bond donors (Lipinski definition) is 1. The highest BCUT2D eigenvalue weighted by Crippen LogP contribution is 2.29. The molecule has 2 heterocycles. The van der Waals surface area contributed by atoms with Gasteiger partial charge in [-0.05, 0) is 18.4 Å². The zero-order valence-corrected chi connectivity index (χ0v) is 12.6. The number of aromatic nitrogens is 1. The van der Waals surface area contributed by atoms with E-state index in [-0.39, 0.29) is 5.54 Å². The van der Waals surface area contributed by atoms with E-state index in [4.69, 9.17) is 4.74 Å². The van der Waals surface area contributed by atoms with E-state index in [1.165, 1.54) is 0 Å². The number of nitrogens with zero attached hydrogens (tertiary/aromatic N) is 2. The molecule has 1 aromatic heterocycles. The first-order valence-electron chi connectivity index (χ1n) is 6.65. The van der Waals surface area contributed by atoms with Crippen molar-refractivity contribution in [2.45, 2.75) is 38.8 Å². The SMILES string of the molecule is CCC1(CC)CSC(=NCc2ccc(OC)nc2)N1. The van der Waals surface area contributed by atoms with Gasteiger partial charge in [-0.25, -0.2) is 4.98 Å². The fraction of sp³-hybridized carbons (Fsp3) is 0.571. The Bertz CT molecular complexity index is 441. The van der Waals surface area contributed by atoms with Gasteiger partial charge >= 0.3 is 0 Å². The average Bonchev–Trinajstić information content (AvgIpc) is 2.90. The van der Waals surface area contributed by atoms with Gasteiger partial charge < -0.3 is 10.1 Å². The van der Waals surface area contributed by atoms with Crippen LogP contribution in [-0.4, -0.2) is 28.6 Å². The van der Waals surface area contributed by atoms with Gasteiger partial charge in [0.1, 0.15) is 0 Å². The summed E-state index contributed by atoms with van der Waals surface area (Å²) in [7, 11) is 1.62. The van der Waals surface area contributed by atoms with Crippen LogP contribution >= 0.6 is 11.8 Å². The van der Waals surface area contributed by atoms with Gasteiger partial charge in [-0.1, -0.05) is 31.7 Å². The summed E-state index contributed by atoms with van der Waals surface area (Å²) in [4.78, 5) is 8.81. The lowest BCUT2D eigenvalue weighted by Crippen LogP contribution is -2.42. The third-order valence-electron chi connectivity index (χ3n) is 3.62. The molecule has 1 N–H and O–H groups in total. The number of ether oxygens (including phenoxy) is 1. The van der Waals surface area contributed by atoms with Crippen molar-refractivity contribution in [2.24, 2.45) is 4.99 Å². The second-order valence-corrected chi connectivity index (χ2v) is 5.70. The molecule has 0 aliphatic carbocycles. The number of nitrogens with one attached hydrogen (secondary N) is 1. The molecule has 0 saturated carbocycles. The topological polar surface area (TPSA) is 46.5 Å². The molecule has 5 heteroatoms. The van der Waals surface area contributed by atoms with Crippen LogP contribution in [0.4, 0.5) is 0 Å². The van der Waals surface area contributed by atoms with Crippen LogP contribution < -0.4 is 10.1 Å². The molecule has 104 valence electrons. The van der Waals surface area contributed by atoms with Crippen LogP contribution in [-0.2, 0) is 6.54 Å². The zero-order valence-electron chi connectivity index (χ0n) is 11.8. The molecular formula is C14H21N3OS. The lowest BCUT2D eigenvalue weighted by atomic mass is 9.96. The standard InChI is InChI=1S/C14H21N3OS/c1-4-14(5-2)10-19-13(17-14)16-9-11-6-7-12(18-3)15-8-11/h6-8H,4-5,9-10H2,1-3H3,(H,16,17). The molecule has 1 aromatic rings. The molecule has 0 bridgehead atoms. The first-order valence-corrected chi connectivity index (χ1v) is 7.64. The maximum absolute atomic E-state index is 5.04. The fourth-order valence-corrected chi connectivity index (χ4v) is 3.35. The van der Waals surface area contributed by atoms with Gasteiger partial charge in [0.05, 0.1) is 13.7 Å². The number of rotatable bonds is 5. The van der Waals surface area contributed by atoms with Crippen molar-refractivity contribution in [1.82, 2.24) is 10.3 Å². The van der Waals surface area contributed by atoms with Crippen LogP contribution in [0.15, 0.2) is 23.3 Å². The largest absolute Gasteiger partial charge is 0.481 e. The average molecular weight is 279 g/mol. The summed E-state index contributed by atoms with van der Waals surface area (Å²) in [5, 5.41) is 4.62. The predicted molar refractivity (Wildman–Crippen MR) is 80.8 cm³/mol. The van der Waals surface area contributed by atoms with E-state index in [9.17, 15) is 0 Å². The van der Waals surface area contributed by atoms with E-state index in [1.807, 2.05) is 30.1 Å². The highest BCUT2D eigenvalue weighted by Gasteiger charge is 2.33. The molecule has 0 spiro atoms. The summed E-state index contributed by atoms with van der Waals surface area (Å²) in [6.45, 7) is 5.12. The van der Waals surface area contributed by atoms with Crippen LogP contribution in [0.25, 0.3) is 0 Å². The first kappa shape index (κ1) is 14.2. The van der Waals surface area contributed by atoms with Crippen molar-refractivity contribution in [3.8, 4) is 5.88 Å². The molecule has 0 radical (unpaired) electrons. The zero-order chi connectivity index (χ0) is 13.7. The molecule has 1 aliphatic rings. The van der Waals surface area contributed by atoms with Crippen molar-refractivity contribution in [3.05, 3.63) is 23.9 Å². The Morgan fingerprint density at radius 3 is 2.74 bits per heavy atom. The van der Waals surface area contributed by atoms with Crippen LogP contribution in [0.5, 0.6) is 5.88 Å². The minimum atomic E-state index is 0.238. The Labute approximate surface area is 119 Å². The Morgan fingerprint density at radius 1 is 1.42 bits per heavy atom. The summed E-state index contributed by atoms with van der Waals surface area (Å²) in [5.41, 5.74) is 1.34. The Hall–Kier alpha value is -1.23. The molecular weight excluding hydrogens is 258 g/mol. The molecule has 0 amide bonds.